The number of nitrogens with one attached hydrogen (secondary N) is 1. The fourth-order valence-corrected chi connectivity index (χ4v) is 2.05. The molecule has 6 nitrogen and oxygen atoms in total. The average molecular weight is 341 g/mol. The highest BCUT2D eigenvalue weighted by Crippen LogP contribution is 2.32. The van der Waals surface area contributed by atoms with E-state index in [4.69, 9.17) is 10.3 Å². The van der Waals surface area contributed by atoms with Crippen LogP contribution in [0.4, 0.5) is 13.2 Å². The van der Waals surface area contributed by atoms with E-state index in [1.165, 1.54) is 19.1 Å². The SMILES string of the molecule is Cc1cc(C(=O)NC(C)(C(N)=O)c2cccc(C(F)(F)F)c2)no1. The maximum Gasteiger partial charge on any atom is 0.416 e. The molecule has 2 rings (SSSR count). The van der Waals surface area contributed by atoms with Crippen molar-refractivity contribution in [3.63, 3.8) is 0 Å². The van der Waals surface area contributed by atoms with Crippen LogP contribution in [0.1, 0.15) is 34.3 Å². The van der Waals surface area contributed by atoms with Gasteiger partial charge in [-0.25, -0.2) is 0 Å². The van der Waals surface area contributed by atoms with E-state index in [-0.39, 0.29) is 11.3 Å². The monoisotopic (exact) mass is 341 g/mol. The summed E-state index contributed by atoms with van der Waals surface area (Å²) < 4.78 is 43.3. The molecule has 0 aliphatic heterocycles. The van der Waals surface area contributed by atoms with Crippen molar-refractivity contribution in [1.82, 2.24) is 10.5 Å². The van der Waals surface area contributed by atoms with Crippen molar-refractivity contribution in [3.05, 3.63) is 52.9 Å². The van der Waals surface area contributed by atoms with Crippen LogP contribution in [0.5, 0.6) is 0 Å². The van der Waals surface area contributed by atoms with Crippen molar-refractivity contribution >= 4 is 11.8 Å². The molecule has 0 aliphatic carbocycles. The van der Waals surface area contributed by atoms with Gasteiger partial charge in [-0.2, -0.15) is 13.2 Å². The molecule has 1 heterocycles. The number of amides is 2. The Morgan fingerprint density at radius 1 is 1.21 bits per heavy atom. The fraction of sp³-hybridized carbons (Fsp3) is 0.267. The van der Waals surface area contributed by atoms with Crippen molar-refractivity contribution in [3.8, 4) is 0 Å². The predicted octanol–water partition coefficient (Wildman–Crippen LogP) is 2.13. The number of carbonyl (C=O) groups is 2. The van der Waals surface area contributed by atoms with Gasteiger partial charge in [-0.15, -0.1) is 0 Å². The number of carbonyl (C=O) groups excluding carboxylic acids is 2. The number of halogens is 3. The number of rotatable bonds is 4. The predicted molar refractivity (Wildman–Crippen MR) is 76.7 cm³/mol. The van der Waals surface area contributed by atoms with Gasteiger partial charge in [0.1, 0.15) is 11.3 Å². The summed E-state index contributed by atoms with van der Waals surface area (Å²) in [7, 11) is 0. The molecule has 0 saturated carbocycles. The molecule has 0 saturated heterocycles. The molecular weight excluding hydrogens is 327 g/mol. The molecule has 0 radical (unpaired) electrons. The molecule has 9 heteroatoms. The van der Waals surface area contributed by atoms with Gasteiger partial charge in [0, 0.05) is 6.07 Å². The number of alkyl halides is 3. The number of benzene rings is 1. The molecule has 2 aromatic rings. The van der Waals surface area contributed by atoms with Gasteiger partial charge < -0.3 is 15.6 Å². The third kappa shape index (κ3) is 3.39. The van der Waals surface area contributed by atoms with Crippen molar-refractivity contribution in [1.29, 1.82) is 0 Å². The number of aromatic nitrogens is 1. The van der Waals surface area contributed by atoms with E-state index in [1.807, 2.05) is 0 Å². The second-order valence-electron chi connectivity index (χ2n) is 5.34. The average Bonchev–Trinajstić information content (AvgIpc) is 2.93. The molecule has 2 amide bonds. The summed E-state index contributed by atoms with van der Waals surface area (Å²) in [5, 5.41) is 5.80. The van der Waals surface area contributed by atoms with E-state index in [9.17, 15) is 22.8 Å². The minimum Gasteiger partial charge on any atom is -0.367 e. The van der Waals surface area contributed by atoms with Crippen LogP contribution < -0.4 is 11.1 Å². The Labute approximate surface area is 134 Å². The molecule has 1 aromatic heterocycles. The maximum atomic E-state index is 12.9. The molecule has 128 valence electrons. The highest BCUT2D eigenvalue weighted by molar-refractivity contribution is 5.97. The molecule has 24 heavy (non-hydrogen) atoms. The van der Waals surface area contributed by atoms with Crippen molar-refractivity contribution in [2.24, 2.45) is 5.73 Å². The van der Waals surface area contributed by atoms with Crippen LogP contribution in [0, 0.1) is 6.92 Å². The zero-order valence-electron chi connectivity index (χ0n) is 12.8. The molecule has 0 aliphatic rings. The second kappa shape index (κ2) is 5.99. The van der Waals surface area contributed by atoms with E-state index >= 15 is 0 Å². The molecule has 3 N–H and O–H groups in total. The number of nitrogens with zero attached hydrogens (tertiary/aromatic N) is 1. The second-order valence-corrected chi connectivity index (χ2v) is 5.34. The number of aryl methyl sites for hydroxylation is 1. The quantitative estimate of drug-likeness (QED) is 0.890. The summed E-state index contributed by atoms with van der Waals surface area (Å²) >= 11 is 0. The highest BCUT2D eigenvalue weighted by atomic mass is 19.4. The lowest BCUT2D eigenvalue weighted by Crippen LogP contribution is -2.52. The van der Waals surface area contributed by atoms with Crippen LogP contribution in [0.2, 0.25) is 0 Å². The first-order chi connectivity index (χ1) is 11.0. The summed E-state index contributed by atoms with van der Waals surface area (Å²) in [6.45, 7) is 2.78. The first kappa shape index (κ1) is 17.5. The largest absolute Gasteiger partial charge is 0.416 e. The zero-order valence-corrected chi connectivity index (χ0v) is 12.8. The minimum atomic E-state index is -4.60. The standard InChI is InChI=1S/C15H14F3N3O3/c1-8-6-11(21-24-8)12(22)20-14(2,13(19)23)9-4-3-5-10(7-9)15(16,17)18/h3-7H,1-2H3,(H2,19,23)(H,20,22). The third-order valence-corrected chi connectivity index (χ3v) is 3.48. The summed E-state index contributed by atoms with van der Waals surface area (Å²) in [5.41, 5.74) is 2.28. The Kier molecular flexibility index (Phi) is 4.37. The highest BCUT2D eigenvalue weighted by Gasteiger charge is 2.38. The van der Waals surface area contributed by atoms with Crippen molar-refractivity contribution in [2.45, 2.75) is 25.6 Å². The van der Waals surface area contributed by atoms with E-state index in [0.29, 0.717) is 5.76 Å². The third-order valence-electron chi connectivity index (χ3n) is 3.48. The number of primary amides is 1. The lowest BCUT2D eigenvalue weighted by atomic mass is 9.89. The molecule has 0 bridgehead atoms. The number of nitrogens with two attached hydrogens (primary N) is 1. The van der Waals surface area contributed by atoms with E-state index in [0.717, 1.165) is 18.2 Å². The Morgan fingerprint density at radius 3 is 2.33 bits per heavy atom. The van der Waals surface area contributed by atoms with Gasteiger partial charge in [0.15, 0.2) is 5.69 Å². The Bertz CT molecular complexity index is 786. The molecular formula is C15H14F3N3O3. The summed E-state index contributed by atoms with van der Waals surface area (Å²) in [6, 6.07) is 5.34. The van der Waals surface area contributed by atoms with Crippen molar-refractivity contribution in [2.75, 3.05) is 0 Å². The van der Waals surface area contributed by atoms with Gasteiger partial charge in [-0.3, -0.25) is 9.59 Å². The minimum absolute atomic E-state index is 0.0987. The normalized spacial score (nSPS) is 14.0. The van der Waals surface area contributed by atoms with Crippen LogP contribution in [0.3, 0.4) is 0 Å². The van der Waals surface area contributed by atoms with Crippen LogP contribution in [0.25, 0.3) is 0 Å². The number of hydrogen-bond acceptors (Lipinski definition) is 4. The molecule has 1 atom stereocenters. The van der Waals surface area contributed by atoms with Crippen molar-refractivity contribution < 1.29 is 27.3 Å². The lowest BCUT2D eigenvalue weighted by molar-refractivity contribution is -0.137. The lowest BCUT2D eigenvalue weighted by Gasteiger charge is -2.28. The Morgan fingerprint density at radius 2 is 1.83 bits per heavy atom. The van der Waals surface area contributed by atoms with E-state index < -0.39 is 29.1 Å². The fourth-order valence-electron chi connectivity index (χ4n) is 2.05. The first-order valence-corrected chi connectivity index (χ1v) is 6.77. The topological polar surface area (TPSA) is 98.2 Å². The van der Waals surface area contributed by atoms with Crippen LogP contribution >= 0.6 is 0 Å². The van der Waals surface area contributed by atoms with Gasteiger partial charge in [-0.1, -0.05) is 17.3 Å². The van der Waals surface area contributed by atoms with Crippen LogP contribution in [0.15, 0.2) is 34.9 Å². The number of hydrogen-bond donors (Lipinski definition) is 2. The summed E-state index contributed by atoms with van der Waals surface area (Å²) in [5.74, 6) is -1.46. The van der Waals surface area contributed by atoms with Gasteiger partial charge >= 0.3 is 6.18 Å². The van der Waals surface area contributed by atoms with Crippen LogP contribution in [-0.2, 0) is 16.5 Å². The molecule has 0 spiro atoms. The molecule has 1 aromatic carbocycles. The Hall–Kier alpha value is -2.84. The van der Waals surface area contributed by atoms with Crippen LogP contribution in [-0.4, -0.2) is 17.0 Å². The van der Waals surface area contributed by atoms with E-state index in [2.05, 4.69) is 10.5 Å². The molecule has 0 fully saturated rings. The first-order valence-electron chi connectivity index (χ1n) is 6.77. The smallest absolute Gasteiger partial charge is 0.367 e. The summed E-state index contributed by atoms with van der Waals surface area (Å²) in [4.78, 5) is 24.0. The van der Waals surface area contributed by atoms with Gasteiger partial charge in [0.2, 0.25) is 5.91 Å². The Balaban J connectivity index is 2.41. The van der Waals surface area contributed by atoms with Gasteiger partial charge in [0.25, 0.3) is 5.91 Å². The van der Waals surface area contributed by atoms with Gasteiger partial charge in [-0.05, 0) is 31.5 Å². The van der Waals surface area contributed by atoms with E-state index in [1.54, 1.807) is 6.92 Å². The molecule has 1 unspecified atom stereocenters. The maximum absolute atomic E-state index is 12.9. The van der Waals surface area contributed by atoms with Gasteiger partial charge in [0.05, 0.1) is 5.56 Å². The summed E-state index contributed by atoms with van der Waals surface area (Å²) in [6.07, 6.45) is -4.60. The zero-order chi connectivity index (χ0) is 18.1.